The third kappa shape index (κ3) is 6.18. The van der Waals surface area contributed by atoms with E-state index < -0.39 is 0 Å². The number of rotatable bonds is 7. The normalized spacial score (nSPS) is 11.5. The molecule has 0 aromatic heterocycles. The number of hydrogen-bond acceptors (Lipinski definition) is 3. The Morgan fingerprint density at radius 1 is 1.35 bits per heavy atom. The fraction of sp³-hybridized carbons (Fsp3) is 0.529. The summed E-state index contributed by atoms with van der Waals surface area (Å²) in [4.78, 5) is 25.0. The summed E-state index contributed by atoms with van der Waals surface area (Å²) in [5, 5.41) is 5.60. The standard InChI is InChI=1S/C17H27N3O3/c1-6-12(2)11-20(4)17(22)18-10-14-7-8-16(23-5)15(9-14)19-13(3)21/h7-9,12H,6,10-11H2,1-5H3,(H,18,22)(H,19,21)/t12-/m0/s1. The zero-order valence-corrected chi connectivity index (χ0v) is 14.6. The minimum absolute atomic E-state index is 0.109. The van der Waals surface area contributed by atoms with Gasteiger partial charge in [0.1, 0.15) is 5.75 Å². The molecule has 6 heteroatoms. The molecule has 128 valence electrons. The zero-order valence-electron chi connectivity index (χ0n) is 14.6. The quantitative estimate of drug-likeness (QED) is 0.811. The van der Waals surface area contributed by atoms with Crippen LogP contribution in [-0.2, 0) is 11.3 Å². The number of methoxy groups -OCH3 is 1. The van der Waals surface area contributed by atoms with E-state index in [9.17, 15) is 9.59 Å². The summed E-state index contributed by atoms with van der Waals surface area (Å²) in [6, 6.07) is 5.33. The van der Waals surface area contributed by atoms with E-state index in [1.165, 1.54) is 6.92 Å². The van der Waals surface area contributed by atoms with Crippen molar-refractivity contribution >= 4 is 17.6 Å². The van der Waals surface area contributed by atoms with Crippen LogP contribution in [0.1, 0.15) is 32.8 Å². The Bertz CT molecular complexity index is 546. The number of urea groups is 1. The Kier molecular flexibility index (Phi) is 7.38. The Morgan fingerprint density at radius 2 is 2.04 bits per heavy atom. The van der Waals surface area contributed by atoms with Gasteiger partial charge >= 0.3 is 6.03 Å². The van der Waals surface area contributed by atoms with Crippen LogP contribution in [0.15, 0.2) is 18.2 Å². The van der Waals surface area contributed by atoms with Crippen LogP contribution in [0.3, 0.4) is 0 Å². The van der Waals surface area contributed by atoms with E-state index in [1.807, 2.05) is 6.07 Å². The predicted octanol–water partition coefficient (Wildman–Crippen LogP) is 2.84. The van der Waals surface area contributed by atoms with E-state index in [-0.39, 0.29) is 11.9 Å². The molecule has 0 aliphatic carbocycles. The summed E-state index contributed by atoms with van der Waals surface area (Å²) in [5.41, 5.74) is 1.49. The van der Waals surface area contributed by atoms with E-state index >= 15 is 0 Å². The Morgan fingerprint density at radius 3 is 2.61 bits per heavy atom. The first-order valence-electron chi connectivity index (χ1n) is 7.80. The molecule has 1 rings (SSSR count). The SMILES string of the molecule is CC[C@H](C)CN(C)C(=O)NCc1ccc(OC)c(NC(C)=O)c1. The minimum atomic E-state index is -0.169. The number of anilines is 1. The first kappa shape index (κ1) is 18.8. The Hall–Kier alpha value is -2.24. The van der Waals surface area contributed by atoms with Gasteiger partial charge in [0.25, 0.3) is 0 Å². The van der Waals surface area contributed by atoms with Crippen LogP contribution in [-0.4, -0.2) is 37.5 Å². The van der Waals surface area contributed by atoms with Gasteiger partial charge in [-0.3, -0.25) is 4.79 Å². The molecule has 0 heterocycles. The lowest BCUT2D eigenvalue weighted by atomic mass is 10.1. The van der Waals surface area contributed by atoms with Crippen molar-refractivity contribution in [3.05, 3.63) is 23.8 Å². The highest BCUT2D eigenvalue weighted by Gasteiger charge is 2.12. The average molecular weight is 321 g/mol. The highest BCUT2D eigenvalue weighted by atomic mass is 16.5. The van der Waals surface area contributed by atoms with E-state index in [0.29, 0.717) is 23.9 Å². The molecule has 1 aromatic rings. The van der Waals surface area contributed by atoms with Gasteiger partial charge in [-0.25, -0.2) is 4.79 Å². The third-order valence-corrected chi connectivity index (χ3v) is 3.65. The molecule has 0 saturated heterocycles. The maximum Gasteiger partial charge on any atom is 0.317 e. The number of benzene rings is 1. The highest BCUT2D eigenvalue weighted by Crippen LogP contribution is 2.25. The Balaban J connectivity index is 2.67. The van der Waals surface area contributed by atoms with Gasteiger partial charge in [0, 0.05) is 27.1 Å². The largest absolute Gasteiger partial charge is 0.495 e. The van der Waals surface area contributed by atoms with Crippen LogP contribution in [0.25, 0.3) is 0 Å². The van der Waals surface area contributed by atoms with Crippen molar-refractivity contribution in [2.75, 3.05) is 26.0 Å². The zero-order chi connectivity index (χ0) is 17.4. The molecule has 2 N–H and O–H groups in total. The third-order valence-electron chi connectivity index (χ3n) is 3.65. The van der Waals surface area contributed by atoms with Gasteiger partial charge in [0.05, 0.1) is 12.8 Å². The number of carbonyl (C=O) groups is 2. The summed E-state index contributed by atoms with van der Waals surface area (Å²) in [6.07, 6.45) is 1.04. The maximum atomic E-state index is 12.1. The lowest BCUT2D eigenvalue weighted by Gasteiger charge is -2.21. The number of amides is 3. The lowest BCUT2D eigenvalue weighted by Crippen LogP contribution is -2.39. The van der Waals surface area contributed by atoms with E-state index in [4.69, 9.17) is 4.74 Å². The molecule has 0 radical (unpaired) electrons. The molecule has 6 nitrogen and oxygen atoms in total. The van der Waals surface area contributed by atoms with Crippen LogP contribution in [0.5, 0.6) is 5.75 Å². The van der Waals surface area contributed by atoms with Crippen molar-refractivity contribution in [2.24, 2.45) is 5.92 Å². The molecule has 1 atom stereocenters. The molecular weight excluding hydrogens is 294 g/mol. The second kappa shape index (κ2) is 9.02. The van der Waals surface area contributed by atoms with E-state index in [1.54, 1.807) is 31.2 Å². The van der Waals surface area contributed by atoms with Gasteiger partial charge in [-0.05, 0) is 23.6 Å². The highest BCUT2D eigenvalue weighted by molar-refractivity contribution is 5.90. The molecule has 0 aliphatic rings. The van der Waals surface area contributed by atoms with Gasteiger partial charge in [0.15, 0.2) is 0 Å². The van der Waals surface area contributed by atoms with Gasteiger partial charge in [-0.2, -0.15) is 0 Å². The number of nitrogens with one attached hydrogen (secondary N) is 2. The fourth-order valence-corrected chi connectivity index (χ4v) is 2.14. The van der Waals surface area contributed by atoms with Gasteiger partial charge < -0.3 is 20.3 Å². The molecule has 0 aliphatic heterocycles. The molecular formula is C17H27N3O3. The topological polar surface area (TPSA) is 70.7 Å². The molecule has 0 bridgehead atoms. The fourth-order valence-electron chi connectivity index (χ4n) is 2.14. The smallest absolute Gasteiger partial charge is 0.317 e. The molecule has 0 fully saturated rings. The summed E-state index contributed by atoms with van der Waals surface area (Å²) < 4.78 is 5.21. The summed E-state index contributed by atoms with van der Waals surface area (Å²) in [6.45, 7) is 6.78. The van der Waals surface area contributed by atoms with Crippen LogP contribution >= 0.6 is 0 Å². The van der Waals surface area contributed by atoms with E-state index in [0.717, 1.165) is 18.5 Å². The first-order chi connectivity index (χ1) is 10.9. The summed E-state index contributed by atoms with van der Waals surface area (Å²) >= 11 is 0. The van der Waals surface area contributed by atoms with Gasteiger partial charge in [-0.1, -0.05) is 26.3 Å². The number of ether oxygens (including phenoxy) is 1. The van der Waals surface area contributed by atoms with Crippen LogP contribution in [0, 0.1) is 5.92 Å². The molecule has 0 spiro atoms. The van der Waals surface area contributed by atoms with Gasteiger partial charge in [-0.15, -0.1) is 0 Å². The van der Waals surface area contributed by atoms with Crippen molar-refractivity contribution in [3.8, 4) is 5.75 Å². The Labute approximate surface area is 138 Å². The molecule has 0 unspecified atom stereocenters. The molecule has 0 saturated carbocycles. The van der Waals surface area contributed by atoms with Crippen molar-refractivity contribution < 1.29 is 14.3 Å². The average Bonchev–Trinajstić information content (AvgIpc) is 2.51. The first-order valence-corrected chi connectivity index (χ1v) is 7.80. The number of carbonyl (C=O) groups excluding carboxylic acids is 2. The second-order valence-corrected chi connectivity index (χ2v) is 5.77. The van der Waals surface area contributed by atoms with Gasteiger partial charge in [0.2, 0.25) is 5.91 Å². The van der Waals surface area contributed by atoms with Crippen LogP contribution < -0.4 is 15.4 Å². The van der Waals surface area contributed by atoms with Crippen molar-refractivity contribution in [3.63, 3.8) is 0 Å². The summed E-state index contributed by atoms with van der Waals surface area (Å²) in [7, 11) is 3.34. The van der Waals surface area contributed by atoms with Crippen molar-refractivity contribution in [1.82, 2.24) is 10.2 Å². The molecule has 1 aromatic carbocycles. The number of nitrogens with zero attached hydrogens (tertiary/aromatic N) is 1. The molecule has 3 amide bonds. The maximum absolute atomic E-state index is 12.1. The predicted molar refractivity (Wildman–Crippen MR) is 91.6 cm³/mol. The number of hydrogen-bond donors (Lipinski definition) is 2. The van der Waals surface area contributed by atoms with E-state index in [2.05, 4.69) is 24.5 Å². The second-order valence-electron chi connectivity index (χ2n) is 5.77. The van der Waals surface area contributed by atoms with Crippen LogP contribution in [0.4, 0.5) is 10.5 Å². The lowest BCUT2D eigenvalue weighted by molar-refractivity contribution is -0.114. The molecule has 23 heavy (non-hydrogen) atoms. The van der Waals surface area contributed by atoms with Crippen molar-refractivity contribution in [2.45, 2.75) is 33.7 Å². The minimum Gasteiger partial charge on any atom is -0.495 e. The monoisotopic (exact) mass is 321 g/mol. The van der Waals surface area contributed by atoms with Crippen LogP contribution in [0.2, 0.25) is 0 Å². The summed E-state index contributed by atoms with van der Waals surface area (Å²) in [5.74, 6) is 0.889. The van der Waals surface area contributed by atoms with Crippen molar-refractivity contribution in [1.29, 1.82) is 0 Å².